The van der Waals surface area contributed by atoms with Gasteiger partial charge in [-0.05, 0) is 6.92 Å². The third-order valence-corrected chi connectivity index (χ3v) is 1.88. The number of aromatic nitrogens is 1. The molecule has 48 valence electrons. The fourth-order valence-corrected chi connectivity index (χ4v) is 1.15. The van der Waals surface area contributed by atoms with Crippen LogP contribution in [-0.4, -0.2) is 4.98 Å². The summed E-state index contributed by atoms with van der Waals surface area (Å²) in [5.41, 5.74) is 5.93. The summed E-state index contributed by atoms with van der Waals surface area (Å²) in [5, 5.41) is 0.826. The van der Waals surface area contributed by atoms with E-state index in [-0.39, 0.29) is 0 Å². The Hall–Kier alpha value is -0.830. The van der Waals surface area contributed by atoms with Crippen LogP contribution in [0.25, 0.3) is 5.70 Å². The van der Waals surface area contributed by atoms with Crippen molar-refractivity contribution in [3.05, 3.63) is 22.7 Å². The molecule has 0 fully saturated rings. The van der Waals surface area contributed by atoms with Gasteiger partial charge in [-0.15, -0.1) is 11.3 Å². The van der Waals surface area contributed by atoms with Crippen molar-refractivity contribution < 1.29 is 0 Å². The fourth-order valence-electron chi connectivity index (χ4n) is 0.503. The van der Waals surface area contributed by atoms with Crippen LogP contribution >= 0.6 is 11.3 Å². The van der Waals surface area contributed by atoms with E-state index in [0.717, 1.165) is 9.88 Å². The van der Waals surface area contributed by atoms with Gasteiger partial charge in [0, 0.05) is 11.1 Å². The lowest BCUT2D eigenvalue weighted by Crippen LogP contribution is -1.91. The molecule has 1 rings (SSSR count). The van der Waals surface area contributed by atoms with Gasteiger partial charge in [0.05, 0.1) is 5.70 Å². The third kappa shape index (κ3) is 1.29. The van der Waals surface area contributed by atoms with Crippen LogP contribution in [0.4, 0.5) is 0 Å². The normalized spacial score (nSPS) is 9.44. The Morgan fingerprint density at radius 3 is 2.78 bits per heavy atom. The van der Waals surface area contributed by atoms with E-state index in [1.165, 1.54) is 0 Å². The lowest BCUT2D eigenvalue weighted by atomic mass is 10.5. The van der Waals surface area contributed by atoms with Gasteiger partial charge < -0.3 is 5.73 Å². The fraction of sp³-hybridized carbons (Fsp3) is 0.167. The smallest absolute Gasteiger partial charge is 0.138 e. The Morgan fingerprint density at radius 1 is 1.89 bits per heavy atom. The van der Waals surface area contributed by atoms with Gasteiger partial charge in [0.25, 0.3) is 0 Å². The molecule has 0 unspecified atom stereocenters. The van der Waals surface area contributed by atoms with Crippen molar-refractivity contribution in [3.8, 4) is 0 Å². The molecular weight excluding hydrogens is 132 g/mol. The number of nitrogens with zero attached hydrogens (tertiary/aromatic N) is 1. The summed E-state index contributed by atoms with van der Waals surface area (Å²) in [6.07, 6.45) is 1.79. The zero-order valence-corrected chi connectivity index (χ0v) is 6.03. The van der Waals surface area contributed by atoms with Crippen molar-refractivity contribution in [2.24, 2.45) is 5.73 Å². The van der Waals surface area contributed by atoms with Crippen LogP contribution in [0.1, 0.15) is 9.88 Å². The van der Waals surface area contributed by atoms with E-state index >= 15 is 0 Å². The van der Waals surface area contributed by atoms with Crippen LogP contribution in [-0.2, 0) is 0 Å². The van der Waals surface area contributed by atoms with E-state index in [4.69, 9.17) is 5.73 Å². The van der Waals surface area contributed by atoms with Gasteiger partial charge in [-0.25, -0.2) is 4.98 Å². The second-order valence-electron chi connectivity index (χ2n) is 1.80. The van der Waals surface area contributed by atoms with E-state index in [2.05, 4.69) is 11.6 Å². The van der Waals surface area contributed by atoms with Crippen molar-refractivity contribution in [1.82, 2.24) is 4.98 Å². The predicted molar refractivity (Wildman–Crippen MR) is 40.1 cm³/mol. The highest BCUT2D eigenvalue weighted by Gasteiger charge is 1.96. The van der Waals surface area contributed by atoms with Gasteiger partial charge in [-0.1, -0.05) is 6.58 Å². The number of nitrogens with two attached hydrogens (primary N) is 1. The topological polar surface area (TPSA) is 38.9 Å². The SMILES string of the molecule is C=C(N)c1ncc(C)s1. The molecule has 0 radical (unpaired) electrons. The molecule has 0 atom stereocenters. The highest BCUT2D eigenvalue weighted by molar-refractivity contribution is 7.12. The molecule has 2 nitrogen and oxygen atoms in total. The number of hydrogen-bond acceptors (Lipinski definition) is 3. The monoisotopic (exact) mass is 140 g/mol. The van der Waals surface area contributed by atoms with E-state index in [9.17, 15) is 0 Å². The van der Waals surface area contributed by atoms with E-state index in [1.54, 1.807) is 17.5 Å². The first-order chi connectivity index (χ1) is 4.20. The van der Waals surface area contributed by atoms with Crippen LogP contribution in [0.3, 0.4) is 0 Å². The molecule has 3 heteroatoms. The van der Waals surface area contributed by atoms with Gasteiger partial charge in [0.1, 0.15) is 5.01 Å². The zero-order valence-electron chi connectivity index (χ0n) is 5.22. The second kappa shape index (κ2) is 2.19. The van der Waals surface area contributed by atoms with Crippen LogP contribution < -0.4 is 5.73 Å². The summed E-state index contributed by atoms with van der Waals surface area (Å²) in [6.45, 7) is 5.55. The van der Waals surface area contributed by atoms with Crippen molar-refractivity contribution in [2.75, 3.05) is 0 Å². The number of thiazole rings is 1. The minimum atomic E-state index is 0.549. The highest BCUT2D eigenvalue weighted by Crippen LogP contribution is 2.14. The molecule has 0 amide bonds. The summed E-state index contributed by atoms with van der Waals surface area (Å²) in [7, 11) is 0. The molecule has 1 heterocycles. The Labute approximate surface area is 58.0 Å². The number of aryl methyl sites for hydroxylation is 1. The average Bonchev–Trinajstić information content (AvgIpc) is 2.14. The largest absolute Gasteiger partial charge is 0.397 e. The minimum Gasteiger partial charge on any atom is -0.397 e. The Balaban J connectivity index is 2.98. The van der Waals surface area contributed by atoms with Crippen LogP contribution in [0.2, 0.25) is 0 Å². The second-order valence-corrected chi connectivity index (χ2v) is 3.04. The van der Waals surface area contributed by atoms with Gasteiger partial charge >= 0.3 is 0 Å². The van der Waals surface area contributed by atoms with E-state index in [0.29, 0.717) is 5.70 Å². The molecule has 1 aromatic heterocycles. The first kappa shape index (κ1) is 6.29. The van der Waals surface area contributed by atoms with Crippen LogP contribution in [0, 0.1) is 6.92 Å². The average molecular weight is 140 g/mol. The van der Waals surface area contributed by atoms with Crippen molar-refractivity contribution in [2.45, 2.75) is 6.92 Å². The van der Waals surface area contributed by atoms with Gasteiger partial charge in [-0.2, -0.15) is 0 Å². The zero-order chi connectivity index (χ0) is 6.85. The molecule has 0 aromatic carbocycles. The van der Waals surface area contributed by atoms with Crippen LogP contribution in [0.5, 0.6) is 0 Å². The molecule has 0 saturated carbocycles. The number of rotatable bonds is 1. The maximum absolute atomic E-state index is 5.38. The van der Waals surface area contributed by atoms with Crippen molar-refractivity contribution >= 4 is 17.0 Å². The molecular formula is C6H8N2S. The summed E-state index contributed by atoms with van der Waals surface area (Å²) in [6, 6.07) is 0. The summed E-state index contributed by atoms with van der Waals surface area (Å²) in [4.78, 5) is 5.17. The molecule has 0 saturated heterocycles. The molecule has 0 aliphatic carbocycles. The molecule has 9 heavy (non-hydrogen) atoms. The summed E-state index contributed by atoms with van der Waals surface area (Å²) >= 11 is 1.56. The molecule has 2 N–H and O–H groups in total. The quantitative estimate of drug-likeness (QED) is 0.640. The van der Waals surface area contributed by atoms with E-state index in [1.807, 2.05) is 6.92 Å². The first-order valence-electron chi connectivity index (χ1n) is 2.57. The summed E-state index contributed by atoms with van der Waals surface area (Å²) < 4.78 is 0. The Morgan fingerprint density at radius 2 is 2.56 bits per heavy atom. The van der Waals surface area contributed by atoms with Crippen LogP contribution in [0.15, 0.2) is 12.8 Å². The predicted octanol–water partition coefficient (Wildman–Crippen LogP) is 1.38. The Kier molecular flexibility index (Phi) is 1.53. The van der Waals surface area contributed by atoms with Crippen molar-refractivity contribution in [3.63, 3.8) is 0 Å². The number of hydrogen-bond donors (Lipinski definition) is 1. The molecule has 0 aliphatic heterocycles. The molecule has 1 aromatic rings. The highest BCUT2D eigenvalue weighted by atomic mass is 32.1. The lowest BCUT2D eigenvalue weighted by molar-refractivity contribution is 1.33. The Bertz CT molecular complexity index is 227. The summed E-state index contributed by atoms with van der Waals surface area (Å²) in [5.74, 6) is 0. The van der Waals surface area contributed by atoms with Crippen molar-refractivity contribution in [1.29, 1.82) is 0 Å². The van der Waals surface area contributed by atoms with Gasteiger partial charge in [0.2, 0.25) is 0 Å². The standard InChI is InChI=1S/C6H8N2S/c1-4-3-8-6(9-4)5(2)7/h3H,2,7H2,1H3. The van der Waals surface area contributed by atoms with Gasteiger partial charge in [-0.3, -0.25) is 0 Å². The first-order valence-corrected chi connectivity index (χ1v) is 3.39. The van der Waals surface area contributed by atoms with E-state index < -0.39 is 0 Å². The molecule has 0 bridgehead atoms. The lowest BCUT2D eigenvalue weighted by Gasteiger charge is -1.86. The third-order valence-electron chi connectivity index (χ3n) is 0.896. The molecule has 0 aliphatic rings. The van der Waals surface area contributed by atoms with Gasteiger partial charge in [0.15, 0.2) is 0 Å². The maximum atomic E-state index is 5.38. The molecule has 0 spiro atoms. The minimum absolute atomic E-state index is 0.549. The maximum Gasteiger partial charge on any atom is 0.138 e.